The van der Waals surface area contributed by atoms with E-state index in [1.165, 1.54) is 22.0 Å². The van der Waals surface area contributed by atoms with E-state index in [1.807, 2.05) is 0 Å². The predicted octanol–water partition coefficient (Wildman–Crippen LogP) is 4.38. The summed E-state index contributed by atoms with van der Waals surface area (Å²) in [6.45, 7) is 7.91. The summed E-state index contributed by atoms with van der Waals surface area (Å²) in [4.78, 5) is 0. The van der Waals surface area contributed by atoms with Crippen LogP contribution in [0, 0.1) is 9.49 Å². The first-order valence-electron chi connectivity index (χ1n) is 6.17. The Bertz CT molecular complexity index is 311. The zero-order chi connectivity index (χ0) is 12.0. The van der Waals surface area contributed by atoms with E-state index in [2.05, 4.69) is 72.9 Å². The highest BCUT2D eigenvalue weighted by Crippen LogP contribution is 2.25. The molecule has 1 N–H and O–H groups in total. The second-order valence-electron chi connectivity index (χ2n) is 4.37. The van der Waals surface area contributed by atoms with Gasteiger partial charge in [0, 0.05) is 9.61 Å². The Morgan fingerprint density at radius 1 is 1.31 bits per heavy atom. The highest BCUT2D eigenvalue weighted by Gasteiger charge is 2.16. The Kier molecular flexibility index (Phi) is 6.36. The zero-order valence-corrected chi connectivity index (χ0v) is 12.6. The highest BCUT2D eigenvalue weighted by atomic mass is 127. The molecule has 0 amide bonds. The molecule has 1 aromatic carbocycles. The van der Waals surface area contributed by atoms with Crippen LogP contribution in [0.15, 0.2) is 24.3 Å². The van der Waals surface area contributed by atoms with Crippen LogP contribution in [0.4, 0.5) is 0 Å². The lowest BCUT2D eigenvalue weighted by molar-refractivity contribution is 0.377. The first-order chi connectivity index (χ1) is 7.69. The molecule has 2 unspecified atom stereocenters. The Morgan fingerprint density at radius 3 is 2.62 bits per heavy atom. The SMILES string of the molecule is CCCNC(c1cccc(I)c1)C(C)CC. The number of hydrogen-bond acceptors (Lipinski definition) is 1. The minimum absolute atomic E-state index is 0.500. The molecule has 0 heterocycles. The van der Waals surface area contributed by atoms with Gasteiger partial charge in [0.05, 0.1) is 0 Å². The zero-order valence-electron chi connectivity index (χ0n) is 10.5. The standard InChI is InChI=1S/C14H22IN/c1-4-9-16-14(11(3)5-2)12-7-6-8-13(15)10-12/h6-8,10-11,14,16H,4-5,9H2,1-3H3. The Morgan fingerprint density at radius 2 is 2.06 bits per heavy atom. The molecule has 1 rings (SSSR count). The van der Waals surface area contributed by atoms with Crippen LogP contribution in [0.2, 0.25) is 0 Å². The van der Waals surface area contributed by atoms with Crippen LogP contribution in [0.3, 0.4) is 0 Å². The lowest BCUT2D eigenvalue weighted by atomic mass is 9.92. The summed E-state index contributed by atoms with van der Waals surface area (Å²) in [5, 5.41) is 3.66. The van der Waals surface area contributed by atoms with Crippen molar-refractivity contribution in [3.8, 4) is 0 Å². The molecule has 0 saturated carbocycles. The van der Waals surface area contributed by atoms with Gasteiger partial charge >= 0.3 is 0 Å². The summed E-state index contributed by atoms with van der Waals surface area (Å²) in [6, 6.07) is 9.33. The topological polar surface area (TPSA) is 12.0 Å². The van der Waals surface area contributed by atoms with Crippen molar-refractivity contribution >= 4 is 22.6 Å². The maximum atomic E-state index is 3.66. The summed E-state index contributed by atoms with van der Waals surface area (Å²) in [7, 11) is 0. The number of rotatable bonds is 6. The second kappa shape index (κ2) is 7.28. The summed E-state index contributed by atoms with van der Waals surface area (Å²) >= 11 is 2.38. The molecule has 0 fully saturated rings. The Hall–Kier alpha value is -0.0900. The molecule has 0 spiro atoms. The van der Waals surface area contributed by atoms with Gasteiger partial charge in [-0.15, -0.1) is 0 Å². The number of nitrogens with one attached hydrogen (secondary N) is 1. The molecule has 2 atom stereocenters. The van der Waals surface area contributed by atoms with Crippen molar-refractivity contribution < 1.29 is 0 Å². The van der Waals surface area contributed by atoms with Crippen LogP contribution in [0.5, 0.6) is 0 Å². The van der Waals surface area contributed by atoms with Gasteiger partial charge in [0.1, 0.15) is 0 Å². The van der Waals surface area contributed by atoms with Gasteiger partial charge in [-0.2, -0.15) is 0 Å². The monoisotopic (exact) mass is 331 g/mol. The Labute approximate surface area is 113 Å². The van der Waals surface area contributed by atoms with Crippen LogP contribution in [-0.2, 0) is 0 Å². The van der Waals surface area contributed by atoms with Gasteiger partial charge in [0.25, 0.3) is 0 Å². The van der Waals surface area contributed by atoms with Crippen molar-refractivity contribution in [3.63, 3.8) is 0 Å². The molecular formula is C14H22IN. The quantitative estimate of drug-likeness (QED) is 0.763. The second-order valence-corrected chi connectivity index (χ2v) is 5.62. The summed E-state index contributed by atoms with van der Waals surface area (Å²) in [6.07, 6.45) is 2.41. The van der Waals surface area contributed by atoms with Crippen molar-refractivity contribution in [2.24, 2.45) is 5.92 Å². The molecule has 1 aromatic rings. The largest absolute Gasteiger partial charge is 0.310 e. The third kappa shape index (κ3) is 4.06. The molecule has 0 aliphatic rings. The predicted molar refractivity (Wildman–Crippen MR) is 79.6 cm³/mol. The average Bonchev–Trinajstić information content (AvgIpc) is 2.29. The normalized spacial score (nSPS) is 14.8. The number of benzene rings is 1. The summed E-state index contributed by atoms with van der Waals surface area (Å²) in [5.41, 5.74) is 1.43. The van der Waals surface area contributed by atoms with Gasteiger partial charge in [-0.25, -0.2) is 0 Å². The van der Waals surface area contributed by atoms with Crippen molar-refractivity contribution in [2.75, 3.05) is 6.54 Å². The van der Waals surface area contributed by atoms with E-state index in [9.17, 15) is 0 Å². The molecule has 0 aliphatic heterocycles. The summed E-state index contributed by atoms with van der Waals surface area (Å²) < 4.78 is 1.32. The fourth-order valence-electron chi connectivity index (χ4n) is 1.88. The first kappa shape index (κ1) is 14.0. The van der Waals surface area contributed by atoms with Gasteiger partial charge in [0.15, 0.2) is 0 Å². The van der Waals surface area contributed by atoms with Crippen molar-refractivity contribution in [1.82, 2.24) is 5.32 Å². The molecule has 0 aromatic heterocycles. The van der Waals surface area contributed by atoms with Crippen LogP contribution >= 0.6 is 22.6 Å². The fourth-order valence-corrected chi connectivity index (χ4v) is 2.45. The number of halogens is 1. The minimum Gasteiger partial charge on any atom is -0.310 e. The molecule has 1 nitrogen and oxygen atoms in total. The maximum Gasteiger partial charge on any atom is 0.0346 e. The summed E-state index contributed by atoms with van der Waals surface area (Å²) in [5.74, 6) is 0.685. The van der Waals surface area contributed by atoms with E-state index in [4.69, 9.17) is 0 Å². The van der Waals surface area contributed by atoms with E-state index in [0.717, 1.165) is 6.54 Å². The Balaban J connectivity index is 2.82. The maximum absolute atomic E-state index is 3.66. The lowest BCUT2D eigenvalue weighted by Crippen LogP contribution is -2.27. The van der Waals surface area contributed by atoms with Gasteiger partial charge in [-0.3, -0.25) is 0 Å². The van der Waals surface area contributed by atoms with Gasteiger partial charge in [-0.1, -0.05) is 39.3 Å². The van der Waals surface area contributed by atoms with Crippen LogP contribution in [0.25, 0.3) is 0 Å². The molecule has 2 heteroatoms. The fraction of sp³-hybridized carbons (Fsp3) is 0.571. The van der Waals surface area contributed by atoms with Crippen LogP contribution < -0.4 is 5.32 Å². The molecule has 0 saturated heterocycles. The third-order valence-electron chi connectivity index (χ3n) is 3.04. The van der Waals surface area contributed by atoms with Crippen molar-refractivity contribution in [2.45, 2.75) is 39.7 Å². The van der Waals surface area contributed by atoms with Gasteiger partial charge in [-0.05, 0) is 59.2 Å². The van der Waals surface area contributed by atoms with E-state index >= 15 is 0 Å². The van der Waals surface area contributed by atoms with Gasteiger partial charge < -0.3 is 5.32 Å². The molecule has 0 bridgehead atoms. The smallest absolute Gasteiger partial charge is 0.0346 e. The van der Waals surface area contributed by atoms with E-state index < -0.39 is 0 Å². The highest BCUT2D eigenvalue weighted by molar-refractivity contribution is 14.1. The third-order valence-corrected chi connectivity index (χ3v) is 3.71. The van der Waals surface area contributed by atoms with E-state index in [1.54, 1.807) is 0 Å². The average molecular weight is 331 g/mol. The molecule has 90 valence electrons. The first-order valence-corrected chi connectivity index (χ1v) is 7.25. The van der Waals surface area contributed by atoms with Crippen LogP contribution in [0.1, 0.15) is 45.2 Å². The van der Waals surface area contributed by atoms with Crippen molar-refractivity contribution in [1.29, 1.82) is 0 Å². The van der Waals surface area contributed by atoms with Crippen molar-refractivity contribution in [3.05, 3.63) is 33.4 Å². The molecule has 16 heavy (non-hydrogen) atoms. The molecular weight excluding hydrogens is 309 g/mol. The minimum atomic E-state index is 0.500. The molecule has 0 radical (unpaired) electrons. The lowest BCUT2D eigenvalue weighted by Gasteiger charge is -2.25. The van der Waals surface area contributed by atoms with Crippen LogP contribution in [-0.4, -0.2) is 6.54 Å². The molecule has 0 aliphatic carbocycles. The van der Waals surface area contributed by atoms with Gasteiger partial charge in [0.2, 0.25) is 0 Å². The number of hydrogen-bond donors (Lipinski definition) is 1. The van der Waals surface area contributed by atoms with E-state index in [0.29, 0.717) is 12.0 Å². The van der Waals surface area contributed by atoms with E-state index in [-0.39, 0.29) is 0 Å².